The molecule has 1 fully saturated rings. The Kier molecular flexibility index (Phi) is 6.51. The molecule has 0 bridgehead atoms. The number of halogens is 1. The molecule has 0 aromatic heterocycles. The number of rotatable bonds is 4. The second-order valence-electron chi connectivity index (χ2n) is 10.3. The van der Waals surface area contributed by atoms with Crippen molar-refractivity contribution in [1.29, 1.82) is 5.26 Å². The Bertz CT molecular complexity index is 806. The Labute approximate surface area is 174 Å². The molecular weight excluding hydrogens is 387 g/mol. The number of nitrogens with zero attached hydrogens (tertiary/aromatic N) is 2. The molecule has 1 heterocycles. The van der Waals surface area contributed by atoms with Gasteiger partial charge in [0.2, 0.25) is 0 Å². The van der Waals surface area contributed by atoms with Gasteiger partial charge in [-0.05, 0) is 81.4 Å². The minimum Gasteiger partial charge on any atom is -0.444 e. The van der Waals surface area contributed by atoms with E-state index in [1.54, 1.807) is 11.0 Å². The summed E-state index contributed by atoms with van der Waals surface area (Å²) < 4.78 is 19.7. The first kappa shape index (κ1) is 23.4. The standard InChI is InChI=1S/C22H33FN2O3Si/c1-21(2,3)28-20(26)25-14-16(12-22(4,5)29(6,7)27)10-19(25)17-8-15(13-24)9-18(23)11-17/h8-9,11,16,19,27H,10,12,14H2,1-7H3/t16-,19?/m0/s1. The molecule has 7 heteroatoms. The van der Waals surface area contributed by atoms with E-state index in [0.29, 0.717) is 18.5 Å². The molecule has 1 aromatic carbocycles. The van der Waals surface area contributed by atoms with E-state index in [1.807, 2.05) is 39.9 Å². The predicted molar refractivity (Wildman–Crippen MR) is 113 cm³/mol. The van der Waals surface area contributed by atoms with E-state index in [4.69, 9.17) is 4.74 Å². The summed E-state index contributed by atoms with van der Waals surface area (Å²) in [5.41, 5.74) is 0.198. The van der Waals surface area contributed by atoms with Gasteiger partial charge in [-0.3, -0.25) is 0 Å². The summed E-state index contributed by atoms with van der Waals surface area (Å²) in [7, 11) is -2.40. The van der Waals surface area contributed by atoms with E-state index in [2.05, 4.69) is 13.8 Å². The number of ether oxygens (including phenoxy) is 1. The average Bonchev–Trinajstić information content (AvgIpc) is 2.95. The van der Waals surface area contributed by atoms with Gasteiger partial charge in [-0.25, -0.2) is 9.18 Å². The summed E-state index contributed by atoms with van der Waals surface area (Å²) >= 11 is 0. The van der Waals surface area contributed by atoms with Gasteiger partial charge in [0.25, 0.3) is 0 Å². The third-order valence-electron chi connectivity index (χ3n) is 5.90. The lowest BCUT2D eigenvalue weighted by atomic mass is 9.91. The molecule has 1 aromatic rings. The zero-order chi connectivity index (χ0) is 22.2. The first-order valence-corrected chi connectivity index (χ1v) is 13.0. The Morgan fingerprint density at radius 2 is 1.93 bits per heavy atom. The fourth-order valence-electron chi connectivity index (χ4n) is 3.75. The van der Waals surface area contributed by atoms with Crippen molar-refractivity contribution in [3.05, 3.63) is 35.1 Å². The highest BCUT2D eigenvalue weighted by Gasteiger charge is 2.45. The molecule has 1 unspecified atom stereocenters. The molecule has 160 valence electrons. The third-order valence-corrected chi connectivity index (χ3v) is 9.42. The Morgan fingerprint density at radius 1 is 1.31 bits per heavy atom. The normalized spacial score (nSPS) is 20.5. The van der Waals surface area contributed by atoms with Crippen LogP contribution in [0.15, 0.2) is 18.2 Å². The monoisotopic (exact) mass is 420 g/mol. The number of benzene rings is 1. The number of hydrogen-bond donors (Lipinski definition) is 1. The van der Waals surface area contributed by atoms with E-state index < -0.39 is 25.8 Å². The summed E-state index contributed by atoms with van der Waals surface area (Å²) in [5.74, 6) is -0.342. The van der Waals surface area contributed by atoms with E-state index in [1.165, 1.54) is 12.1 Å². The summed E-state index contributed by atoms with van der Waals surface area (Å²) in [6, 6.07) is 5.84. The molecule has 1 saturated heterocycles. The van der Waals surface area contributed by atoms with Crippen LogP contribution in [0.5, 0.6) is 0 Å². The van der Waals surface area contributed by atoms with Crippen LogP contribution >= 0.6 is 0 Å². The number of likely N-dealkylation sites (tertiary alicyclic amines) is 1. The highest BCUT2D eigenvalue weighted by molar-refractivity contribution is 6.72. The van der Waals surface area contributed by atoms with Gasteiger partial charge in [-0.2, -0.15) is 5.26 Å². The second-order valence-corrected chi connectivity index (χ2v) is 14.8. The average molecular weight is 421 g/mol. The maximum atomic E-state index is 14.1. The van der Waals surface area contributed by atoms with Crippen LogP contribution in [-0.4, -0.2) is 36.3 Å². The molecule has 0 aliphatic carbocycles. The van der Waals surface area contributed by atoms with E-state index >= 15 is 0 Å². The number of hydrogen-bond acceptors (Lipinski definition) is 4. The SMILES string of the molecule is CC(C)(C)OC(=O)N1C[C@H](CC(C)(C)[Si](C)(C)O)CC1c1cc(F)cc(C#N)c1. The summed E-state index contributed by atoms with van der Waals surface area (Å²) in [6.07, 6.45) is 0.964. The van der Waals surface area contributed by atoms with Crippen LogP contribution in [0.2, 0.25) is 18.1 Å². The first-order valence-electron chi connectivity index (χ1n) is 10.1. The van der Waals surface area contributed by atoms with E-state index in [9.17, 15) is 19.2 Å². The highest BCUT2D eigenvalue weighted by atomic mass is 28.4. The fraction of sp³-hybridized carbons (Fsp3) is 0.636. The van der Waals surface area contributed by atoms with Crippen molar-refractivity contribution >= 4 is 14.4 Å². The smallest absolute Gasteiger partial charge is 0.410 e. The Balaban J connectivity index is 2.36. The van der Waals surface area contributed by atoms with Crippen molar-refractivity contribution in [1.82, 2.24) is 4.90 Å². The van der Waals surface area contributed by atoms with Gasteiger partial charge in [0.15, 0.2) is 8.32 Å². The van der Waals surface area contributed by atoms with Crippen molar-refractivity contribution in [2.45, 2.75) is 77.2 Å². The molecule has 0 radical (unpaired) electrons. The topological polar surface area (TPSA) is 73.6 Å². The summed E-state index contributed by atoms with van der Waals surface area (Å²) in [4.78, 5) is 25.2. The molecular formula is C22H33FN2O3Si. The molecule has 1 aliphatic rings. The quantitative estimate of drug-likeness (QED) is 0.665. The molecule has 2 rings (SSSR count). The fourth-order valence-corrected chi connectivity index (χ4v) is 4.54. The van der Waals surface area contributed by atoms with Crippen molar-refractivity contribution in [3.8, 4) is 6.07 Å². The molecule has 1 N–H and O–H groups in total. The number of carbonyl (C=O) groups is 1. The van der Waals surface area contributed by atoms with E-state index in [-0.39, 0.29) is 22.6 Å². The third kappa shape index (κ3) is 5.80. The van der Waals surface area contributed by atoms with Crippen LogP contribution < -0.4 is 0 Å². The predicted octanol–water partition coefficient (Wildman–Crippen LogP) is 5.36. The molecule has 0 saturated carbocycles. The molecule has 1 amide bonds. The van der Waals surface area contributed by atoms with E-state index in [0.717, 1.165) is 6.42 Å². The summed E-state index contributed by atoms with van der Waals surface area (Å²) in [6.45, 7) is 13.9. The summed E-state index contributed by atoms with van der Waals surface area (Å²) in [5, 5.41) is 8.98. The van der Waals surface area contributed by atoms with Crippen LogP contribution in [0, 0.1) is 23.1 Å². The Hall–Kier alpha value is -1.91. The zero-order valence-electron chi connectivity index (χ0n) is 18.5. The lowest BCUT2D eigenvalue weighted by Crippen LogP contribution is -2.41. The van der Waals surface area contributed by atoms with Gasteiger partial charge in [-0.1, -0.05) is 13.8 Å². The number of amides is 1. The van der Waals surface area contributed by atoms with Crippen molar-refractivity contribution in [2.24, 2.45) is 5.92 Å². The van der Waals surface area contributed by atoms with Crippen LogP contribution in [0.25, 0.3) is 0 Å². The lowest BCUT2D eigenvalue weighted by Gasteiger charge is -2.37. The van der Waals surface area contributed by atoms with Gasteiger partial charge in [0, 0.05) is 6.54 Å². The van der Waals surface area contributed by atoms with Gasteiger partial charge in [-0.15, -0.1) is 0 Å². The molecule has 1 aliphatic heterocycles. The van der Waals surface area contributed by atoms with Crippen molar-refractivity contribution in [3.63, 3.8) is 0 Å². The van der Waals surface area contributed by atoms with Crippen LogP contribution in [0.1, 0.15) is 64.6 Å². The first-order chi connectivity index (χ1) is 13.1. The molecule has 5 nitrogen and oxygen atoms in total. The number of nitriles is 1. The maximum absolute atomic E-state index is 14.1. The van der Waals surface area contributed by atoms with Crippen molar-refractivity contribution < 1.29 is 18.7 Å². The van der Waals surface area contributed by atoms with Crippen molar-refractivity contribution in [2.75, 3.05) is 6.54 Å². The minimum atomic E-state index is -2.40. The number of carbonyl (C=O) groups excluding carboxylic acids is 1. The molecule has 2 atom stereocenters. The molecule has 0 spiro atoms. The largest absolute Gasteiger partial charge is 0.444 e. The van der Waals surface area contributed by atoms with Crippen LogP contribution in [-0.2, 0) is 4.74 Å². The van der Waals surface area contributed by atoms with Crippen LogP contribution in [0.4, 0.5) is 9.18 Å². The molecule has 29 heavy (non-hydrogen) atoms. The van der Waals surface area contributed by atoms with Gasteiger partial charge < -0.3 is 14.4 Å². The van der Waals surface area contributed by atoms with Gasteiger partial charge >= 0.3 is 6.09 Å². The Morgan fingerprint density at radius 3 is 2.45 bits per heavy atom. The van der Waals surface area contributed by atoms with Crippen LogP contribution in [0.3, 0.4) is 0 Å². The zero-order valence-corrected chi connectivity index (χ0v) is 19.5. The van der Waals surface area contributed by atoms with Gasteiger partial charge in [0.1, 0.15) is 11.4 Å². The second kappa shape index (κ2) is 8.08. The highest BCUT2D eigenvalue weighted by Crippen LogP contribution is 2.47. The maximum Gasteiger partial charge on any atom is 0.410 e. The van der Waals surface area contributed by atoms with Gasteiger partial charge in [0.05, 0.1) is 17.7 Å². The minimum absolute atomic E-state index is 0.148. The lowest BCUT2D eigenvalue weighted by molar-refractivity contribution is 0.0218.